The van der Waals surface area contributed by atoms with Gasteiger partial charge in [-0.2, -0.15) is 0 Å². The second kappa shape index (κ2) is 11.2. The zero-order valence-corrected chi connectivity index (χ0v) is 18.0. The lowest BCUT2D eigenvalue weighted by atomic mass is 10.1. The van der Waals surface area contributed by atoms with E-state index in [0.29, 0.717) is 55.8 Å². The van der Waals surface area contributed by atoms with E-state index in [1.54, 1.807) is 12.1 Å². The first-order valence-electron chi connectivity index (χ1n) is 10.0. The van der Waals surface area contributed by atoms with E-state index < -0.39 is 0 Å². The van der Waals surface area contributed by atoms with Crippen LogP contribution in [-0.4, -0.2) is 38.9 Å². The van der Waals surface area contributed by atoms with Crippen LogP contribution >= 0.6 is 0 Å². The van der Waals surface area contributed by atoms with Gasteiger partial charge >= 0.3 is 0 Å². The minimum atomic E-state index is -0.223. The summed E-state index contributed by atoms with van der Waals surface area (Å²) < 4.78 is 22.7. The van der Waals surface area contributed by atoms with Gasteiger partial charge in [-0.25, -0.2) is 0 Å². The van der Waals surface area contributed by atoms with Crippen LogP contribution in [0.3, 0.4) is 0 Å². The molecule has 0 saturated heterocycles. The molecular formula is C23H31NO5. The molecule has 0 spiro atoms. The zero-order chi connectivity index (χ0) is 21.2. The fourth-order valence-corrected chi connectivity index (χ4v) is 2.97. The van der Waals surface area contributed by atoms with E-state index in [-0.39, 0.29) is 5.91 Å². The van der Waals surface area contributed by atoms with Crippen LogP contribution in [0.2, 0.25) is 0 Å². The summed E-state index contributed by atoms with van der Waals surface area (Å²) in [6.07, 6.45) is 0. The lowest BCUT2D eigenvalue weighted by Crippen LogP contribution is -2.28. The molecule has 0 aliphatic heterocycles. The third-order valence-electron chi connectivity index (χ3n) is 4.02. The highest BCUT2D eigenvalue weighted by Gasteiger charge is 2.18. The van der Waals surface area contributed by atoms with Gasteiger partial charge in [-0.3, -0.25) is 4.79 Å². The smallest absolute Gasteiger partial charge is 0.251 e. The maximum absolute atomic E-state index is 12.6. The molecule has 0 saturated carbocycles. The van der Waals surface area contributed by atoms with Gasteiger partial charge in [0.05, 0.1) is 26.4 Å². The molecule has 1 amide bonds. The molecule has 6 nitrogen and oxygen atoms in total. The summed E-state index contributed by atoms with van der Waals surface area (Å²) in [6.45, 7) is 11.9. The molecule has 0 radical (unpaired) electrons. The molecule has 0 atom stereocenters. The van der Waals surface area contributed by atoms with E-state index in [9.17, 15) is 4.79 Å². The zero-order valence-electron chi connectivity index (χ0n) is 18.0. The van der Waals surface area contributed by atoms with Gasteiger partial charge in [0, 0.05) is 5.56 Å². The Morgan fingerprint density at radius 2 is 1.34 bits per heavy atom. The van der Waals surface area contributed by atoms with E-state index in [4.69, 9.17) is 18.9 Å². The van der Waals surface area contributed by atoms with Crippen molar-refractivity contribution in [3.05, 3.63) is 47.0 Å². The van der Waals surface area contributed by atoms with Gasteiger partial charge in [0.1, 0.15) is 12.4 Å². The number of rotatable bonds is 11. The van der Waals surface area contributed by atoms with E-state index >= 15 is 0 Å². The topological polar surface area (TPSA) is 66.0 Å². The maximum Gasteiger partial charge on any atom is 0.251 e. The van der Waals surface area contributed by atoms with Crippen LogP contribution in [0.15, 0.2) is 30.3 Å². The number of hydrogen-bond donors (Lipinski definition) is 1. The second-order valence-electron chi connectivity index (χ2n) is 6.53. The number of nitrogens with one attached hydrogen (secondary N) is 1. The molecule has 0 bridgehead atoms. The molecule has 0 heterocycles. The van der Waals surface area contributed by atoms with Crippen molar-refractivity contribution in [3.8, 4) is 23.0 Å². The highest BCUT2D eigenvalue weighted by atomic mass is 16.5. The summed E-state index contributed by atoms with van der Waals surface area (Å²) in [7, 11) is 0. The molecule has 0 aromatic heterocycles. The van der Waals surface area contributed by atoms with Gasteiger partial charge < -0.3 is 24.3 Å². The van der Waals surface area contributed by atoms with Gasteiger partial charge in [0.25, 0.3) is 5.91 Å². The summed E-state index contributed by atoms with van der Waals surface area (Å²) in [5.41, 5.74) is 2.74. The molecule has 2 aromatic carbocycles. The van der Waals surface area contributed by atoms with Crippen molar-refractivity contribution in [1.82, 2.24) is 5.32 Å². The number of carbonyl (C=O) groups is 1. The van der Waals surface area contributed by atoms with E-state index in [1.807, 2.05) is 46.8 Å². The van der Waals surface area contributed by atoms with E-state index in [0.717, 1.165) is 16.9 Å². The van der Waals surface area contributed by atoms with E-state index in [1.165, 1.54) is 0 Å². The van der Waals surface area contributed by atoms with Crippen molar-refractivity contribution in [2.45, 2.75) is 34.6 Å². The normalized spacial score (nSPS) is 10.4. The Morgan fingerprint density at radius 1 is 0.793 bits per heavy atom. The summed E-state index contributed by atoms with van der Waals surface area (Å²) in [6, 6.07) is 9.40. The molecule has 2 rings (SSSR count). The Hall–Kier alpha value is -2.89. The molecular weight excluding hydrogens is 370 g/mol. The van der Waals surface area contributed by atoms with Crippen LogP contribution in [0.5, 0.6) is 23.0 Å². The first-order chi connectivity index (χ1) is 14.0. The average Bonchev–Trinajstić information content (AvgIpc) is 2.67. The van der Waals surface area contributed by atoms with Gasteiger partial charge in [0.2, 0.25) is 5.75 Å². The van der Waals surface area contributed by atoms with Crippen LogP contribution in [0.4, 0.5) is 0 Å². The monoisotopic (exact) mass is 401 g/mol. The number of amides is 1. The molecule has 0 fully saturated rings. The van der Waals surface area contributed by atoms with Gasteiger partial charge in [-0.1, -0.05) is 6.07 Å². The second-order valence-corrected chi connectivity index (χ2v) is 6.53. The Balaban J connectivity index is 2.04. The first kappa shape index (κ1) is 22.4. The number of benzene rings is 2. The molecule has 29 heavy (non-hydrogen) atoms. The Labute approximate surface area is 173 Å². The van der Waals surface area contributed by atoms with Crippen LogP contribution in [0, 0.1) is 13.8 Å². The average molecular weight is 402 g/mol. The minimum Gasteiger partial charge on any atom is -0.492 e. The SMILES string of the molecule is CCOc1cc(C(=O)NCCOc2cc(C)cc(C)c2)cc(OCC)c1OCC. The molecule has 1 N–H and O–H groups in total. The van der Waals surface area contributed by atoms with E-state index in [2.05, 4.69) is 11.4 Å². The van der Waals surface area contributed by atoms with Crippen molar-refractivity contribution in [3.63, 3.8) is 0 Å². The predicted molar refractivity (Wildman–Crippen MR) is 114 cm³/mol. The summed E-state index contributed by atoms with van der Waals surface area (Å²) in [5, 5.41) is 2.87. The van der Waals surface area contributed by atoms with Gasteiger partial charge in [-0.15, -0.1) is 0 Å². The van der Waals surface area contributed by atoms with Crippen LogP contribution in [0.1, 0.15) is 42.3 Å². The number of aryl methyl sites for hydroxylation is 2. The van der Waals surface area contributed by atoms with Crippen LogP contribution in [-0.2, 0) is 0 Å². The summed E-state index contributed by atoms with van der Waals surface area (Å²) in [5.74, 6) is 2.09. The minimum absolute atomic E-state index is 0.223. The van der Waals surface area contributed by atoms with Crippen molar-refractivity contribution in [1.29, 1.82) is 0 Å². The van der Waals surface area contributed by atoms with Crippen molar-refractivity contribution in [2.24, 2.45) is 0 Å². The summed E-state index contributed by atoms with van der Waals surface area (Å²) in [4.78, 5) is 12.6. The van der Waals surface area contributed by atoms with Gasteiger partial charge in [-0.05, 0) is 70.0 Å². The molecule has 158 valence electrons. The standard InChI is InChI=1S/C23H31NO5/c1-6-26-20-14-18(15-21(27-7-2)22(20)28-8-3)23(25)24-9-10-29-19-12-16(4)11-17(5)13-19/h11-15H,6-10H2,1-5H3,(H,24,25). The third-order valence-corrected chi connectivity index (χ3v) is 4.02. The molecule has 0 aliphatic carbocycles. The molecule has 0 aliphatic rings. The van der Waals surface area contributed by atoms with Crippen molar-refractivity contribution < 1.29 is 23.7 Å². The largest absolute Gasteiger partial charge is 0.492 e. The van der Waals surface area contributed by atoms with Crippen LogP contribution in [0.25, 0.3) is 0 Å². The Kier molecular flexibility index (Phi) is 8.65. The van der Waals surface area contributed by atoms with Crippen molar-refractivity contribution >= 4 is 5.91 Å². The van der Waals surface area contributed by atoms with Gasteiger partial charge in [0.15, 0.2) is 11.5 Å². The lowest BCUT2D eigenvalue weighted by molar-refractivity contribution is 0.0946. The Bertz CT molecular complexity index is 772. The van der Waals surface area contributed by atoms with Crippen LogP contribution < -0.4 is 24.3 Å². The number of carbonyl (C=O) groups excluding carboxylic acids is 1. The molecule has 2 aromatic rings. The fraction of sp³-hybridized carbons (Fsp3) is 0.435. The number of ether oxygens (including phenoxy) is 4. The highest BCUT2D eigenvalue weighted by Crippen LogP contribution is 2.39. The first-order valence-corrected chi connectivity index (χ1v) is 10.0. The fourth-order valence-electron chi connectivity index (χ4n) is 2.97. The maximum atomic E-state index is 12.6. The number of hydrogen-bond acceptors (Lipinski definition) is 5. The quantitative estimate of drug-likeness (QED) is 0.569. The highest BCUT2D eigenvalue weighted by molar-refractivity contribution is 5.95. The lowest BCUT2D eigenvalue weighted by Gasteiger charge is -2.17. The third kappa shape index (κ3) is 6.59. The van der Waals surface area contributed by atoms with Crippen molar-refractivity contribution in [2.75, 3.05) is 33.0 Å². The Morgan fingerprint density at radius 3 is 1.86 bits per heavy atom. The molecule has 0 unspecified atom stereocenters. The molecule has 6 heteroatoms. The predicted octanol–water partition coefficient (Wildman–Crippen LogP) is 4.31. The summed E-state index contributed by atoms with van der Waals surface area (Å²) >= 11 is 0.